The van der Waals surface area contributed by atoms with E-state index in [-0.39, 0.29) is 18.4 Å². The molecule has 3 aromatic rings. The van der Waals surface area contributed by atoms with Gasteiger partial charge in [0.05, 0.1) is 11.8 Å². The van der Waals surface area contributed by atoms with Gasteiger partial charge >= 0.3 is 5.97 Å². The van der Waals surface area contributed by atoms with Crippen molar-refractivity contribution in [2.75, 3.05) is 32.8 Å². The number of ether oxygens (including phenoxy) is 1. The molecule has 3 heterocycles. The van der Waals surface area contributed by atoms with Gasteiger partial charge in [-0.2, -0.15) is 0 Å². The Morgan fingerprint density at radius 3 is 2.67 bits per heavy atom. The van der Waals surface area contributed by atoms with Crippen molar-refractivity contribution in [3.63, 3.8) is 0 Å². The van der Waals surface area contributed by atoms with Gasteiger partial charge in [0.2, 0.25) is 0 Å². The SMILES string of the molecule is C[C@@H]1CCc2[nH]c3ccc(C(=O)OCC(=O)N4CCN(C(=O)c5ccco5)CC4)cc3c2C1. The highest BCUT2D eigenvalue weighted by atomic mass is 16.5. The second-order valence-corrected chi connectivity index (χ2v) is 8.92. The predicted octanol–water partition coefficient (Wildman–Crippen LogP) is 3.03. The van der Waals surface area contributed by atoms with Crippen LogP contribution >= 0.6 is 0 Å². The highest BCUT2D eigenvalue weighted by Gasteiger charge is 2.27. The number of piperazine rings is 1. The predicted molar refractivity (Wildman–Crippen MR) is 121 cm³/mol. The number of furan rings is 1. The van der Waals surface area contributed by atoms with E-state index >= 15 is 0 Å². The molecule has 2 aliphatic rings. The molecule has 0 bridgehead atoms. The van der Waals surface area contributed by atoms with Crippen LogP contribution in [0.25, 0.3) is 10.9 Å². The lowest BCUT2D eigenvalue weighted by Gasteiger charge is -2.34. The van der Waals surface area contributed by atoms with Gasteiger partial charge in [-0.15, -0.1) is 0 Å². The zero-order valence-corrected chi connectivity index (χ0v) is 18.6. The molecule has 0 spiro atoms. The molecule has 8 heteroatoms. The van der Waals surface area contributed by atoms with Crippen molar-refractivity contribution >= 4 is 28.7 Å². The average molecular weight is 450 g/mol. The molecule has 1 saturated heterocycles. The van der Waals surface area contributed by atoms with Crippen LogP contribution in [0.15, 0.2) is 41.0 Å². The van der Waals surface area contributed by atoms with Crippen molar-refractivity contribution in [2.24, 2.45) is 5.92 Å². The summed E-state index contributed by atoms with van der Waals surface area (Å²) in [6.07, 6.45) is 4.66. The summed E-state index contributed by atoms with van der Waals surface area (Å²) in [5, 5.41) is 1.06. The Balaban J connectivity index is 1.17. The molecular formula is C25H27N3O5. The van der Waals surface area contributed by atoms with Gasteiger partial charge in [-0.3, -0.25) is 9.59 Å². The molecule has 1 atom stereocenters. The van der Waals surface area contributed by atoms with Crippen molar-refractivity contribution in [1.29, 1.82) is 0 Å². The largest absolute Gasteiger partial charge is 0.459 e. The van der Waals surface area contributed by atoms with Crippen LogP contribution < -0.4 is 0 Å². The lowest BCUT2D eigenvalue weighted by Crippen LogP contribution is -2.51. The minimum atomic E-state index is -0.504. The van der Waals surface area contributed by atoms with E-state index in [0.717, 1.165) is 23.7 Å². The van der Waals surface area contributed by atoms with E-state index in [2.05, 4.69) is 11.9 Å². The van der Waals surface area contributed by atoms with Crippen LogP contribution in [0.4, 0.5) is 0 Å². The zero-order chi connectivity index (χ0) is 22.9. The molecule has 1 aromatic carbocycles. The summed E-state index contributed by atoms with van der Waals surface area (Å²) in [7, 11) is 0. The number of carbonyl (C=O) groups is 3. The van der Waals surface area contributed by atoms with Crippen molar-refractivity contribution < 1.29 is 23.5 Å². The summed E-state index contributed by atoms with van der Waals surface area (Å²) in [6, 6.07) is 8.81. The Bertz CT molecular complexity index is 1190. The number of hydrogen-bond donors (Lipinski definition) is 1. The van der Waals surface area contributed by atoms with E-state index in [1.807, 2.05) is 12.1 Å². The lowest BCUT2D eigenvalue weighted by atomic mass is 9.87. The smallest absolute Gasteiger partial charge is 0.338 e. The molecular weight excluding hydrogens is 422 g/mol. The molecule has 2 aromatic heterocycles. The third-order valence-electron chi connectivity index (χ3n) is 6.65. The van der Waals surface area contributed by atoms with E-state index < -0.39 is 5.97 Å². The van der Waals surface area contributed by atoms with E-state index in [1.165, 1.54) is 23.9 Å². The van der Waals surface area contributed by atoms with Gasteiger partial charge in [0.15, 0.2) is 12.4 Å². The Labute approximate surface area is 191 Å². The van der Waals surface area contributed by atoms with Crippen LogP contribution in [0.5, 0.6) is 0 Å². The van der Waals surface area contributed by atoms with Crippen molar-refractivity contribution in [3.8, 4) is 0 Å². The Morgan fingerprint density at radius 1 is 1.12 bits per heavy atom. The minimum absolute atomic E-state index is 0.185. The number of aromatic nitrogens is 1. The molecule has 0 radical (unpaired) electrons. The van der Waals surface area contributed by atoms with E-state index in [1.54, 1.807) is 28.0 Å². The van der Waals surface area contributed by atoms with Crippen LogP contribution in [-0.4, -0.2) is 65.4 Å². The lowest BCUT2D eigenvalue weighted by molar-refractivity contribution is -0.136. The number of esters is 1. The van der Waals surface area contributed by atoms with Crippen molar-refractivity contribution in [1.82, 2.24) is 14.8 Å². The number of H-pyrrole nitrogens is 1. The van der Waals surface area contributed by atoms with Gasteiger partial charge in [-0.1, -0.05) is 6.92 Å². The molecule has 172 valence electrons. The number of nitrogens with one attached hydrogen (secondary N) is 1. The molecule has 1 N–H and O–H groups in total. The summed E-state index contributed by atoms with van der Waals surface area (Å²) in [5.74, 6) is -0.0354. The average Bonchev–Trinajstić information content (AvgIpc) is 3.50. The first-order valence-electron chi connectivity index (χ1n) is 11.4. The number of amides is 2. The topological polar surface area (TPSA) is 95.9 Å². The highest BCUT2D eigenvalue weighted by Crippen LogP contribution is 2.32. The van der Waals surface area contributed by atoms with Gasteiger partial charge in [0, 0.05) is 42.8 Å². The van der Waals surface area contributed by atoms with E-state index in [4.69, 9.17) is 9.15 Å². The summed E-state index contributed by atoms with van der Waals surface area (Å²) in [6.45, 7) is 3.54. The summed E-state index contributed by atoms with van der Waals surface area (Å²) >= 11 is 0. The summed E-state index contributed by atoms with van der Waals surface area (Å²) < 4.78 is 10.5. The fourth-order valence-corrected chi connectivity index (χ4v) is 4.74. The number of rotatable bonds is 4. The zero-order valence-electron chi connectivity index (χ0n) is 18.6. The fourth-order valence-electron chi connectivity index (χ4n) is 4.74. The first-order chi connectivity index (χ1) is 16.0. The maximum Gasteiger partial charge on any atom is 0.338 e. The van der Waals surface area contributed by atoms with Crippen LogP contribution in [-0.2, 0) is 22.4 Å². The van der Waals surface area contributed by atoms with Crippen molar-refractivity contribution in [2.45, 2.75) is 26.2 Å². The van der Waals surface area contributed by atoms with Gasteiger partial charge in [0.25, 0.3) is 11.8 Å². The fraction of sp³-hybridized carbons (Fsp3) is 0.400. The third kappa shape index (κ3) is 4.25. The summed E-state index contributed by atoms with van der Waals surface area (Å²) in [4.78, 5) is 44.3. The van der Waals surface area contributed by atoms with Crippen LogP contribution in [0, 0.1) is 5.92 Å². The number of aromatic amines is 1. The van der Waals surface area contributed by atoms with Crippen LogP contribution in [0.3, 0.4) is 0 Å². The number of fused-ring (bicyclic) bond motifs is 3. The quantitative estimate of drug-likeness (QED) is 0.618. The van der Waals surface area contributed by atoms with E-state index in [9.17, 15) is 14.4 Å². The second-order valence-electron chi connectivity index (χ2n) is 8.92. The molecule has 5 rings (SSSR count). The standard InChI is InChI=1S/C25H27N3O5/c1-16-4-6-20-18(13-16)19-14-17(5-7-21(19)26-20)25(31)33-15-23(29)27-8-10-28(11-9-27)24(30)22-3-2-12-32-22/h2-3,5,7,12,14,16,26H,4,6,8-11,13,15H2,1H3/t16-/m1/s1. The number of benzene rings is 1. The Morgan fingerprint density at radius 2 is 1.91 bits per heavy atom. The van der Waals surface area contributed by atoms with Gasteiger partial charge < -0.3 is 23.9 Å². The second kappa shape index (κ2) is 8.77. The first kappa shape index (κ1) is 21.3. The van der Waals surface area contributed by atoms with Crippen molar-refractivity contribution in [3.05, 3.63) is 59.2 Å². The van der Waals surface area contributed by atoms with Gasteiger partial charge in [0.1, 0.15) is 0 Å². The molecule has 8 nitrogen and oxygen atoms in total. The number of nitrogens with zero attached hydrogens (tertiary/aromatic N) is 2. The van der Waals surface area contributed by atoms with E-state index in [0.29, 0.717) is 43.4 Å². The molecule has 0 unspecified atom stereocenters. The Hall–Kier alpha value is -3.55. The molecule has 33 heavy (non-hydrogen) atoms. The summed E-state index contributed by atoms with van der Waals surface area (Å²) in [5.41, 5.74) is 4.03. The molecule has 1 fully saturated rings. The molecule has 1 aliphatic carbocycles. The highest BCUT2D eigenvalue weighted by molar-refractivity contribution is 5.97. The van der Waals surface area contributed by atoms with Crippen LogP contribution in [0.1, 0.15) is 45.5 Å². The normalized spacial score (nSPS) is 18.3. The van der Waals surface area contributed by atoms with Crippen LogP contribution in [0.2, 0.25) is 0 Å². The number of carbonyl (C=O) groups excluding carboxylic acids is 3. The van der Waals surface area contributed by atoms with Gasteiger partial charge in [-0.25, -0.2) is 4.79 Å². The third-order valence-corrected chi connectivity index (χ3v) is 6.65. The Kier molecular flexibility index (Phi) is 5.66. The molecule has 1 aliphatic heterocycles. The number of aryl methyl sites for hydroxylation is 1. The van der Waals surface area contributed by atoms with Gasteiger partial charge in [-0.05, 0) is 61.1 Å². The molecule has 2 amide bonds. The maximum absolute atomic E-state index is 12.6. The monoisotopic (exact) mass is 449 g/mol. The first-order valence-corrected chi connectivity index (χ1v) is 11.4. The minimum Gasteiger partial charge on any atom is -0.459 e. The number of hydrogen-bond acceptors (Lipinski definition) is 5. The maximum atomic E-state index is 12.6. The molecule has 0 saturated carbocycles.